The third kappa shape index (κ3) is 2.65. The molecule has 1 aliphatic carbocycles. The van der Waals surface area contributed by atoms with E-state index in [1.54, 1.807) is 19.2 Å². The Morgan fingerprint density at radius 2 is 2.06 bits per heavy atom. The zero-order valence-electron chi connectivity index (χ0n) is 9.55. The van der Waals surface area contributed by atoms with E-state index < -0.39 is 5.60 Å². The SMILES string of the molecule is CC1(O)C(Cl)=CC=CC1N=Cc1ccccc1. The maximum atomic E-state index is 10.2. The Hall–Kier alpha value is -1.38. The average molecular weight is 248 g/mol. The number of hydrogen-bond acceptors (Lipinski definition) is 2. The first-order chi connectivity index (χ1) is 8.10. The van der Waals surface area contributed by atoms with Crippen molar-refractivity contribution < 1.29 is 5.11 Å². The fourth-order valence-electron chi connectivity index (χ4n) is 1.64. The van der Waals surface area contributed by atoms with E-state index in [0.717, 1.165) is 5.56 Å². The summed E-state index contributed by atoms with van der Waals surface area (Å²) in [6, 6.07) is 9.42. The van der Waals surface area contributed by atoms with Crippen LogP contribution in [0, 0.1) is 0 Å². The van der Waals surface area contributed by atoms with Crippen LogP contribution in [0.5, 0.6) is 0 Å². The molecule has 1 N–H and O–H groups in total. The van der Waals surface area contributed by atoms with Gasteiger partial charge in [0, 0.05) is 6.21 Å². The summed E-state index contributed by atoms with van der Waals surface area (Å²) in [4.78, 5) is 4.37. The number of nitrogens with zero attached hydrogens (tertiary/aromatic N) is 1. The minimum Gasteiger partial charge on any atom is -0.382 e. The Kier molecular flexibility index (Phi) is 3.46. The van der Waals surface area contributed by atoms with Gasteiger partial charge < -0.3 is 5.11 Å². The maximum Gasteiger partial charge on any atom is 0.123 e. The van der Waals surface area contributed by atoms with Crippen molar-refractivity contribution in [1.82, 2.24) is 0 Å². The summed E-state index contributed by atoms with van der Waals surface area (Å²) in [5, 5.41) is 10.6. The van der Waals surface area contributed by atoms with Gasteiger partial charge in [-0.05, 0) is 18.6 Å². The molecule has 0 saturated carbocycles. The molecule has 2 atom stereocenters. The molecular weight excluding hydrogens is 234 g/mol. The number of aliphatic imine (C=N–C) groups is 1. The van der Waals surface area contributed by atoms with Crippen molar-refractivity contribution >= 4 is 17.8 Å². The summed E-state index contributed by atoms with van der Waals surface area (Å²) in [6.45, 7) is 1.67. The van der Waals surface area contributed by atoms with Gasteiger partial charge in [0.2, 0.25) is 0 Å². The summed E-state index contributed by atoms with van der Waals surface area (Å²) >= 11 is 5.97. The van der Waals surface area contributed by atoms with E-state index in [4.69, 9.17) is 11.6 Å². The molecule has 0 saturated heterocycles. The highest BCUT2D eigenvalue weighted by atomic mass is 35.5. The molecule has 2 unspecified atom stereocenters. The van der Waals surface area contributed by atoms with Crippen LogP contribution in [0.25, 0.3) is 0 Å². The van der Waals surface area contributed by atoms with Crippen molar-refractivity contribution in [3.05, 3.63) is 59.2 Å². The fraction of sp³-hybridized carbons (Fsp3) is 0.214. The minimum atomic E-state index is -1.12. The summed E-state index contributed by atoms with van der Waals surface area (Å²) in [5.41, 5.74) is -0.121. The summed E-state index contributed by atoms with van der Waals surface area (Å²) < 4.78 is 0. The average Bonchev–Trinajstić information content (AvgIpc) is 2.32. The zero-order chi connectivity index (χ0) is 12.3. The summed E-state index contributed by atoms with van der Waals surface area (Å²) in [5.74, 6) is 0. The molecule has 0 aliphatic heterocycles. The second kappa shape index (κ2) is 4.86. The largest absolute Gasteiger partial charge is 0.382 e. The summed E-state index contributed by atoms with van der Waals surface area (Å²) in [6.07, 6.45) is 7.09. The number of hydrogen-bond donors (Lipinski definition) is 1. The number of allylic oxidation sites excluding steroid dienone is 2. The molecule has 1 aromatic rings. The molecule has 0 fully saturated rings. The lowest BCUT2D eigenvalue weighted by Crippen LogP contribution is -2.38. The van der Waals surface area contributed by atoms with Gasteiger partial charge >= 0.3 is 0 Å². The molecule has 0 spiro atoms. The van der Waals surface area contributed by atoms with Crippen LogP contribution in [0.3, 0.4) is 0 Å². The van der Waals surface area contributed by atoms with Gasteiger partial charge in [0.05, 0.1) is 5.03 Å². The van der Waals surface area contributed by atoms with Gasteiger partial charge in [0.15, 0.2) is 0 Å². The third-order valence-electron chi connectivity index (χ3n) is 2.78. The van der Waals surface area contributed by atoms with Crippen LogP contribution in [-0.4, -0.2) is 23.0 Å². The molecule has 0 bridgehead atoms. The van der Waals surface area contributed by atoms with Crippen LogP contribution in [0.4, 0.5) is 0 Å². The highest BCUT2D eigenvalue weighted by Gasteiger charge is 2.34. The molecule has 0 heterocycles. The maximum absolute atomic E-state index is 10.2. The lowest BCUT2D eigenvalue weighted by Gasteiger charge is -2.29. The molecular formula is C14H14ClNO. The van der Waals surface area contributed by atoms with Gasteiger partial charge in [0.25, 0.3) is 0 Å². The number of benzene rings is 1. The second-order valence-electron chi connectivity index (χ2n) is 4.18. The van der Waals surface area contributed by atoms with Gasteiger partial charge in [-0.15, -0.1) is 0 Å². The zero-order valence-corrected chi connectivity index (χ0v) is 10.3. The van der Waals surface area contributed by atoms with Crippen LogP contribution in [0.15, 0.2) is 58.6 Å². The van der Waals surface area contributed by atoms with Crippen molar-refractivity contribution in [2.45, 2.75) is 18.6 Å². The van der Waals surface area contributed by atoms with Gasteiger partial charge in [0.1, 0.15) is 11.6 Å². The van der Waals surface area contributed by atoms with Crippen molar-refractivity contribution in [2.75, 3.05) is 0 Å². The third-order valence-corrected chi connectivity index (χ3v) is 3.29. The van der Waals surface area contributed by atoms with Crippen LogP contribution in [0.2, 0.25) is 0 Å². The lowest BCUT2D eigenvalue weighted by atomic mass is 9.92. The number of halogens is 1. The molecule has 1 aromatic carbocycles. The molecule has 0 aromatic heterocycles. The molecule has 2 nitrogen and oxygen atoms in total. The molecule has 0 amide bonds. The lowest BCUT2D eigenvalue weighted by molar-refractivity contribution is 0.0924. The molecule has 2 rings (SSSR count). The first kappa shape index (κ1) is 12.1. The van der Waals surface area contributed by atoms with Crippen molar-refractivity contribution in [3.8, 4) is 0 Å². The quantitative estimate of drug-likeness (QED) is 0.801. The predicted octanol–water partition coefficient (Wildman–Crippen LogP) is 2.92. The highest BCUT2D eigenvalue weighted by molar-refractivity contribution is 6.31. The Bertz CT molecular complexity index is 474. The van der Waals surface area contributed by atoms with E-state index in [1.165, 1.54) is 0 Å². The number of rotatable bonds is 2. The fourth-order valence-corrected chi connectivity index (χ4v) is 1.83. The normalized spacial score (nSPS) is 28.4. The molecule has 1 aliphatic rings. The summed E-state index contributed by atoms with van der Waals surface area (Å²) in [7, 11) is 0. The molecule has 3 heteroatoms. The van der Waals surface area contributed by atoms with Crippen LogP contribution in [-0.2, 0) is 0 Å². The number of aliphatic hydroxyl groups is 1. The Balaban J connectivity index is 2.18. The van der Waals surface area contributed by atoms with Crippen molar-refractivity contribution in [3.63, 3.8) is 0 Å². The molecule has 17 heavy (non-hydrogen) atoms. The van der Waals surface area contributed by atoms with E-state index in [0.29, 0.717) is 5.03 Å². The van der Waals surface area contributed by atoms with E-state index in [2.05, 4.69) is 4.99 Å². The van der Waals surface area contributed by atoms with Gasteiger partial charge in [-0.1, -0.05) is 54.1 Å². The first-order valence-corrected chi connectivity index (χ1v) is 5.83. The molecule has 88 valence electrons. The van der Waals surface area contributed by atoms with Gasteiger partial charge in [-0.3, -0.25) is 4.99 Å². The van der Waals surface area contributed by atoms with E-state index in [9.17, 15) is 5.11 Å². The second-order valence-corrected chi connectivity index (χ2v) is 4.59. The van der Waals surface area contributed by atoms with Crippen molar-refractivity contribution in [2.24, 2.45) is 4.99 Å². The molecule has 0 radical (unpaired) electrons. The monoisotopic (exact) mass is 247 g/mol. The van der Waals surface area contributed by atoms with Crippen LogP contribution in [0.1, 0.15) is 12.5 Å². The van der Waals surface area contributed by atoms with Crippen LogP contribution >= 0.6 is 11.6 Å². The smallest absolute Gasteiger partial charge is 0.123 e. The van der Waals surface area contributed by atoms with Crippen molar-refractivity contribution in [1.29, 1.82) is 0 Å². The topological polar surface area (TPSA) is 32.6 Å². The standard InChI is InChI=1S/C14H14ClNO/c1-14(17)12(15)8-5-9-13(14)16-10-11-6-3-2-4-7-11/h2-10,13,17H,1H3. The minimum absolute atomic E-state index is 0.347. The van der Waals surface area contributed by atoms with Gasteiger partial charge in [-0.25, -0.2) is 0 Å². The Labute approximate surface area is 106 Å². The van der Waals surface area contributed by atoms with E-state index in [1.807, 2.05) is 42.5 Å². The van der Waals surface area contributed by atoms with Crippen LogP contribution < -0.4 is 0 Å². The predicted molar refractivity (Wildman–Crippen MR) is 71.5 cm³/mol. The van der Waals surface area contributed by atoms with E-state index >= 15 is 0 Å². The first-order valence-electron chi connectivity index (χ1n) is 5.46. The highest BCUT2D eigenvalue weighted by Crippen LogP contribution is 2.30. The Morgan fingerprint density at radius 3 is 2.76 bits per heavy atom. The Morgan fingerprint density at radius 1 is 1.35 bits per heavy atom. The van der Waals surface area contributed by atoms with Gasteiger partial charge in [-0.2, -0.15) is 0 Å². The van der Waals surface area contributed by atoms with E-state index in [-0.39, 0.29) is 6.04 Å².